The summed E-state index contributed by atoms with van der Waals surface area (Å²) in [6, 6.07) is 0. The smallest absolute Gasteiger partial charge is 0.410 e. The van der Waals surface area contributed by atoms with E-state index in [1.807, 2.05) is 6.92 Å². The summed E-state index contributed by atoms with van der Waals surface area (Å²) in [5.74, 6) is -0.633. The first-order valence-electron chi connectivity index (χ1n) is 6.29. The Morgan fingerprint density at radius 2 is 1.94 bits per heavy atom. The molecule has 0 saturated heterocycles. The molecule has 0 heterocycles. The van der Waals surface area contributed by atoms with Gasteiger partial charge in [-0.05, 0) is 46.0 Å². The van der Waals surface area contributed by atoms with Crippen LogP contribution in [0.5, 0.6) is 0 Å². The highest BCUT2D eigenvalue weighted by molar-refractivity contribution is 5.84. The maximum absolute atomic E-state index is 12.0. The normalized spacial score (nSPS) is 27.9. The van der Waals surface area contributed by atoms with Crippen molar-refractivity contribution >= 4 is 12.1 Å². The van der Waals surface area contributed by atoms with Gasteiger partial charge >= 0.3 is 12.1 Å². The van der Waals surface area contributed by atoms with Gasteiger partial charge in [-0.1, -0.05) is 6.92 Å². The maximum atomic E-state index is 12.0. The Bertz CT molecular complexity index is 347. The predicted molar refractivity (Wildman–Crippen MR) is 67.4 cm³/mol. The second kappa shape index (κ2) is 4.78. The van der Waals surface area contributed by atoms with Crippen molar-refractivity contribution in [1.82, 2.24) is 4.90 Å². The average molecular weight is 257 g/mol. The minimum Gasteiger partial charge on any atom is -0.479 e. The first-order valence-corrected chi connectivity index (χ1v) is 6.29. The van der Waals surface area contributed by atoms with Crippen molar-refractivity contribution in [2.75, 3.05) is 7.05 Å². The van der Waals surface area contributed by atoms with Crippen LogP contribution in [0, 0.1) is 5.92 Å². The summed E-state index contributed by atoms with van der Waals surface area (Å²) in [6.45, 7) is 7.31. The molecule has 0 aromatic carbocycles. The number of carboxylic acids is 1. The van der Waals surface area contributed by atoms with Gasteiger partial charge in [-0.3, -0.25) is 4.90 Å². The first-order chi connectivity index (χ1) is 8.08. The molecule has 18 heavy (non-hydrogen) atoms. The van der Waals surface area contributed by atoms with Crippen molar-refractivity contribution in [2.24, 2.45) is 5.92 Å². The molecule has 0 spiro atoms. The number of carbonyl (C=O) groups is 2. The summed E-state index contributed by atoms with van der Waals surface area (Å²) in [5, 5.41) is 9.45. The van der Waals surface area contributed by atoms with Crippen LogP contribution in [-0.4, -0.2) is 40.3 Å². The van der Waals surface area contributed by atoms with Crippen LogP contribution in [0.3, 0.4) is 0 Å². The maximum Gasteiger partial charge on any atom is 0.410 e. The molecule has 0 aromatic heterocycles. The number of aliphatic carboxylic acids is 1. The summed E-state index contributed by atoms with van der Waals surface area (Å²) in [4.78, 5) is 24.8. The molecule has 5 nitrogen and oxygen atoms in total. The van der Waals surface area contributed by atoms with Crippen LogP contribution in [0.15, 0.2) is 0 Å². The number of carboxylic acid groups (broad SMARTS) is 1. The van der Waals surface area contributed by atoms with Crippen molar-refractivity contribution < 1.29 is 19.4 Å². The fraction of sp³-hybridized carbons (Fsp3) is 0.846. The van der Waals surface area contributed by atoms with E-state index < -0.39 is 23.2 Å². The highest BCUT2D eigenvalue weighted by Gasteiger charge is 2.50. The second-order valence-corrected chi connectivity index (χ2v) is 6.22. The minimum absolute atomic E-state index is 0.311. The van der Waals surface area contributed by atoms with Gasteiger partial charge in [-0.2, -0.15) is 0 Å². The molecule has 1 fully saturated rings. The Kier molecular flexibility index (Phi) is 3.93. The molecule has 2 unspecified atom stereocenters. The van der Waals surface area contributed by atoms with Crippen molar-refractivity contribution in [1.29, 1.82) is 0 Å². The number of rotatable bonds is 2. The largest absolute Gasteiger partial charge is 0.479 e. The summed E-state index contributed by atoms with van der Waals surface area (Å²) in [7, 11) is 1.51. The van der Waals surface area contributed by atoms with Gasteiger partial charge in [0.2, 0.25) is 0 Å². The van der Waals surface area contributed by atoms with Gasteiger partial charge < -0.3 is 9.84 Å². The molecule has 1 saturated carbocycles. The highest BCUT2D eigenvalue weighted by Crippen LogP contribution is 2.39. The molecule has 1 aliphatic carbocycles. The van der Waals surface area contributed by atoms with E-state index in [1.54, 1.807) is 20.8 Å². The molecule has 1 aliphatic rings. The lowest BCUT2D eigenvalue weighted by Crippen LogP contribution is -2.54. The molecule has 0 bridgehead atoms. The van der Waals surface area contributed by atoms with Gasteiger partial charge in [-0.25, -0.2) is 9.59 Å². The number of nitrogens with zero attached hydrogens (tertiary/aromatic N) is 1. The molecule has 5 heteroatoms. The minimum atomic E-state index is -1.11. The van der Waals surface area contributed by atoms with E-state index in [1.165, 1.54) is 11.9 Å². The summed E-state index contributed by atoms with van der Waals surface area (Å²) < 4.78 is 5.25. The molecule has 0 radical (unpaired) electrons. The number of amides is 1. The Labute approximate surface area is 108 Å². The molecule has 1 rings (SSSR count). The molecule has 1 N–H and O–H groups in total. The first kappa shape index (κ1) is 14.8. The highest BCUT2D eigenvalue weighted by atomic mass is 16.6. The fourth-order valence-electron chi connectivity index (χ4n) is 2.41. The van der Waals surface area contributed by atoms with Gasteiger partial charge in [0.05, 0.1) is 0 Å². The molecule has 0 aliphatic heterocycles. The van der Waals surface area contributed by atoms with Crippen LogP contribution in [0.2, 0.25) is 0 Å². The lowest BCUT2D eigenvalue weighted by molar-refractivity contribution is -0.150. The van der Waals surface area contributed by atoms with Gasteiger partial charge in [0.1, 0.15) is 11.1 Å². The quantitative estimate of drug-likeness (QED) is 0.825. The zero-order valence-corrected chi connectivity index (χ0v) is 11.8. The lowest BCUT2D eigenvalue weighted by atomic mass is 9.95. The number of ether oxygens (including phenoxy) is 1. The molecular weight excluding hydrogens is 234 g/mol. The number of hydrogen-bond acceptors (Lipinski definition) is 3. The molecule has 2 atom stereocenters. The zero-order valence-electron chi connectivity index (χ0n) is 11.8. The van der Waals surface area contributed by atoms with E-state index in [9.17, 15) is 14.7 Å². The van der Waals surface area contributed by atoms with E-state index in [4.69, 9.17) is 4.74 Å². The van der Waals surface area contributed by atoms with Crippen LogP contribution >= 0.6 is 0 Å². The second-order valence-electron chi connectivity index (χ2n) is 6.22. The SMILES string of the molecule is CC1CCC(C(=O)O)(N(C)C(=O)OC(C)(C)C)C1. The van der Waals surface area contributed by atoms with Crippen molar-refractivity contribution in [3.05, 3.63) is 0 Å². The Balaban J connectivity index is 2.88. The van der Waals surface area contributed by atoms with Crippen LogP contribution in [0.1, 0.15) is 47.0 Å². The predicted octanol–water partition coefficient (Wildman–Crippen LogP) is 2.50. The third kappa shape index (κ3) is 2.94. The van der Waals surface area contributed by atoms with Crippen LogP contribution < -0.4 is 0 Å². The summed E-state index contributed by atoms with van der Waals surface area (Å²) >= 11 is 0. The van der Waals surface area contributed by atoms with Crippen molar-refractivity contribution in [3.63, 3.8) is 0 Å². The van der Waals surface area contributed by atoms with Gasteiger partial charge in [-0.15, -0.1) is 0 Å². The van der Waals surface area contributed by atoms with Crippen molar-refractivity contribution in [3.8, 4) is 0 Å². The molecule has 0 aromatic rings. The van der Waals surface area contributed by atoms with E-state index >= 15 is 0 Å². The molecular formula is C13H23NO4. The van der Waals surface area contributed by atoms with Crippen LogP contribution in [0.4, 0.5) is 4.79 Å². The Hall–Kier alpha value is -1.26. The van der Waals surface area contributed by atoms with Gasteiger partial charge in [0.25, 0.3) is 0 Å². The van der Waals surface area contributed by atoms with E-state index in [2.05, 4.69) is 0 Å². The number of hydrogen-bond donors (Lipinski definition) is 1. The van der Waals surface area contributed by atoms with Gasteiger partial charge in [0, 0.05) is 7.05 Å². The Morgan fingerprint density at radius 1 is 1.39 bits per heavy atom. The van der Waals surface area contributed by atoms with E-state index in [-0.39, 0.29) is 0 Å². The van der Waals surface area contributed by atoms with Crippen LogP contribution in [0.25, 0.3) is 0 Å². The van der Waals surface area contributed by atoms with E-state index in [0.29, 0.717) is 18.8 Å². The van der Waals surface area contributed by atoms with E-state index in [0.717, 1.165) is 6.42 Å². The van der Waals surface area contributed by atoms with Crippen LogP contribution in [-0.2, 0) is 9.53 Å². The third-order valence-electron chi connectivity index (χ3n) is 3.44. The summed E-state index contributed by atoms with van der Waals surface area (Å²) in [5.41, 5.74) is -1.73. The van der Waals surface area contributed by atoms with Crippen molar-refractivity contribution in [2.45, 2.75) is 58.1 Å². The van der Waals surface area contributed by atoms with Gasteiger partial charge in [0.15, 0.2) is 0 Å². The third-order valence-corrected chi connectivity index (χ3v) is 3.44. The molecule has 1 amide bonds. The fourth-order valence-corrected chi connectivity index (χ4v) is 2.41. The number of carbonyl (C=O) groups excluding carboxylic acids is 1. The average Bonchev–Trinajstić information content (AvgIpc) is 2.58. The standard InChI is InChI=1S/C13H23NO4/c1-9-6-7-13(8-9,10(15)16)14(5)11(17)18-12(2,3)4/h9H,6-8H2,1-5H3,(H,15,16). The molecule has 104 valence electrons. The Morgan fingerprint density at radius 3 is 2.28 bits per heavy atom. The topological polar surface area (TPSA) is 66.8 Å². The summed E-state index contributed by atoms with van der Waals surface area (Å²) in [6.07, 6.45) is 1.22. The zero-order chi connectivity index (χ0) is 14.1. The monoisotopic (exact) mass is 257 g/mol. The number of likely N-dealkylation sites (N-methyl/N-ethyl adjacent to an activating group) is 1. The lowest BCUT2D eigenvalue weighted by Gasteiger charge is -2.36.